The van der Waals surface area contributed by atoms with Crippen LogP contribution in [0.15, 0.2) is 24.3 Å². The van der Waals surface area contributed by atoms with Gasteiger partial charge in [0.05, 0.1) is 0 Å². The molecule has 0 amide bonds. The average molecular weight is 271 g/mol. The maximum Gasteiger partial charge on any atom is 0.281 e. The molecule has 1 aromatic rings. The summed E-state index contributed by atoms with van der Waals surface area (Å²) in [7, 11) is -0.337. The van der Waals surface area contributed by atoms with E-state index in [0.717, 1.165) is 12.0 Å². The highest BCUT2D eigenvalue weighted by Crippen LogP contribution is 2.17. The SMILES string of the molecule is CCCN(Cc1ccccc1N)S(=O)(=O)N(C)C. The van der Waals surface area contributed by atoms with Gasteiger partial charge in [0.1, 0.15) is 0 Å². The average Bonchev–Trinajstić information content (AvgIpc) is 2.31. The zero-order chi connectivity index (χ0) is 13.8. The highest BCUT2D eigenvalue weighted by molar-refractivity contribution is 7.86. The van der Waals surface area contributed by atoms with E-state index in [-0.39, 0.29) is 0 Å². The first-order valence-corrected chi connectivity index (χ1v) is 7.30. The molecule has 0 fully saturated rings. The molecule has 18 heavy (non-hydrogen) atoms. The largest absolute Gasteiger partial charge is 0.398 e. The van der Waals surface area contributed by atoms with Crippen molar-refractivity contribution in [1.29, 1.82) is 0 Å². The fourth-order valence-electron chi connectivity index (χ4n) is 1.62. The van der Waals surface area contributed by atoms with Crippen LogP contribution in [-0.2, 0) is 16.8 Å². The van der Waals surface area contributed by atoms with E-state index >= 15 is 0 Å². The van der Waals surface area contributed by atoms with Gasteiger partial charge in [-0.1, -0.05) is 25.1 Å². The van der Waals surface area contributed by atoms with Crippen molar-refractivity contribution in [1.82, 2.24) is 8.61 Å². The van der Waals surface area contributed by atoms with E-state index in [0.29, 0.717) is 18.8 Å². The van der Waals surface area contributed by atoms with Crippen LogP contribution in [0.4, 0.5) is 5.69 Å². The molecular weight excluding hydrogens is 250 g/mol. The van der Waals surface area contributed by atoms with Crippen LogP contribution in [0.2, 0.25) is 0 Å². The molecular formula is C12H21N3O2S. The molecule has 0 aliphatic heterocycles. The van der Waals surface area contributed by atoms with Crippen molar-refractivity contribution in [2.45, 2.75) is 19.9 Å². The lowest BCUT2D eigenvalue weighted by atomic mass is 10.2. The van der Waals surface area contributed by atoms with Crippen LogP contribution >= 0.6 is 0 Å². The molecule has 0 atom stereocenters. The van der Waals surface area contributed by atoms with E-state index in [9.17, 15) is 8.42 Å². The molecule has 0 heterocycles. The van der Waals surface area contributed by atoms with Crippen molar-refractivity contribution < 1.29 is 8.42 Å². The maximum absolute atomic E-state index is 12.1. The Balaban J connectivity index is 2.98. The Morgan fingerprint density at radius 3 is 2.33 bits per heavy atom. The Labute approximate surface area is 109 Å². The molecule has 0 aliphatic carbocycles. The fraction of sp³-hybridized carbons (Fsp3) is 0.500. The first kappa shape index (κ1) is 14.9. The minimum absolute atomic E-state index is 0.307. The number of rotatable bonds is 6. The molecule has 0 aromatic heterocycles. The van der Waals surface area contributed by atoms with Crippen LogP contribution in [0.1, 0.15) is 18.9 Å². The van der Waals surface area contributed by atoms with E-state index in [2.05, 4.69) is 0 Å². The van der Waals surface area contributed by atoms with Crippen LogP contribution < -0.4 is 5.73 Å². The minimum Gasteiger partial charge on any atom is -0.398 e. The van der Waals surface area contributed by atoms with E-state index in [1.165, 1.54) is 22.7 Å². The lowest BCUT2D eigenvalue weighted by molar-refractivity contribution is 0.370. The van der Waals surface area contributed by atoms with Crippen molar-refractivity contribution in [2.24, 2.45) is 0 Å². The third kappa shape index (κ3) is 3.44. The number of hydrogen-bond acceptors (Lipinski definition) is 3. The molecule has 5 nitrogen and oxygen atoms in total. The molecule has 0 saturated heterocycles. The summed E-state index contributed by atoms with van der Waals surface area (Å²) in [5.41, 5.74) is 7.30. The van der Waals surface area contributed by atoms with E-state index in [1.54, 1.807) is 6.07 Å². The van der Waals surface area contributed by atoms with E-state index < -0.39 is 10.2 Å². The fourth-order valence-corrected chi connectivity index (χ4v) is 2.80. The topological polar surface area (TPSA) is 66.6 Å². The highest BCUT2D eigenvalue weighted by atomic mass is 32.2. The lowest BCUT2D eigenvalue weighted by Crippen LogP contribution is -2.40. The molecule has 0 bridgehead atoms. The normalized spacial score (nSPS) is 12.3. The monoisotopic (exact) mass is 271 g/mol. The summed E-state index contributed by atoms with van der Waals surface area (Å²) in [6, 6.07) is 7.33. The number of benzene rings is 1. The Bertz CT molecular complexity index is 486. The Morgan fingerprint density at radius 1 is 1.22 bits per heavy atom. The highest BCUT2D eigenvalue weighted by Gasteiger charge is 2.24. The van der Waals surface area contributed by atoms with Crippen LogP contribution in [-0.4, -0.2) is 37.7 Å². The summed E-state index contributed by atoms with van der Waals surface area (Å²) in [6.07, 6.45) is 0.764. The van der Waals surface area contributed by atoms with Crippen molar-refractivity contribution in [3.05, 3.63) is 29.8 Å². The second-order valence-electron chi connectivity index (χ2n) is 4.32. The predicted octanol–water partition coefficient (Wildman–Crippen LogP) is 1.29. The third-order valence-corrected chi connectivity index (χ3v) is 4.55. The third-order valence-electron chi connectivity index (χ3n) is 2.66. The first-order chi connectivity index (χ1) is 8.39. The molecule has 0 saturated carbocycles. The molecule has 0 aliphatic rings. The van der Waals surface area contributed by atoms with Gasteiger partial charge >= 0.3 is 0 Å². The summed E-state index contributed by atoms with van der Waals surface area (Å²) >= 11 is 0. The Hall–Kier alpha value is -1.11. The van der Waals surface area contributed by atoms with Gasteiger partial charge in [-0.15, -0.1) is 0 Å². The smallest absolute Gasteiger partial charge is 0.281 e. The Kier molecular flexibility index (Phi) is 5.13. The van der Waals surface area contributed by atoms with Gasteiger partial charge in [-0.25, -0.2) is 0 Å². The van der Waals surface area contributed by atoms with Crippen LogP contribution in [0.5, 0.6) is 0 Å². The van der Waals surface area contributed by atoms with Crippen LogP contribution in [0, 0.1) is 0 Å². The zero-order valence-corrected chi connectivity index (χ0v) is 11.9. The van der Waals surface area contributed by atoms with Gasteiger partial charge in [0.25, 0.3) is 10.2 Å². The maximum atomic E-state index is 12.1. The van der Waals surface area contributed by atoms with E-state index in [1.807, 2.05) is 25.1 Å². The summed E-state index contributed by atoms with van der Waals surface area (Å²) in [5, 5.41) is 0. The van der Waals surface area contributed by atoms with Gasteiger partial charge in [0.2, 0.25) is 0 Å². The molecule has 0 radical (unpaired) electrons. The van der Waals surface area contributed by atoms with Crippen LogP contribution in [0.3, 0.4) is 0 Å². The first-order valence-electron chi connectivity index (χ1n) is 5.90. The van der Waals surface area contributed by atoms with Gasteiger partial charge in [0.15, 0.2) is 0 Å². The second-order valence-corrected chi connectivity index (χ2v) is 6.46. The quantitative estimate of drug-likeness (QED) is 0.793. The summed E-state index contributed by atoms with van der Waals surface area (Å²) in [5.74, 6) is 0. The molecule has 0 spiro atoms. The Morgan fingerprint density at radius 2 is 1.83 bits per heavy atom. The second kappa shape index (κ2) is 6.17. The van der Waals surface area contributed by atoms with Gasteiger partial charge in [-0.2, -0.15) is 17.0 Å². The summed E-state index contributed by atoms with van der Waals surface area (Å²) in [4.78, 5) is 0. The summed E-state index contributed by atoms with van der Waals surface area (Å²) < 4.78 is 27.0. The molecule has 1 aromatic carbocycles. The van der Waals surface area contributed by atoms with Gasteiger partial charge in [0, 0.05) is 32.9 Å². The molecule has 1 rings (SSSR count). The molecule has 2 N–H and O–H groups in total. The zero-order valence-electron chi connectivity index (χ0n) is 11.1. The van der Waals surface area contributed by atoms with Crippen molar-refractivity contribution in [3.63, 3.8) is 0 Å². The van der Waals surface area contributed by atoms with E-state index in [4.69, 9.17) is 5.73 Å². The number of anilines is 1. The molecule has 6 heteroatoms. The summed E-state index contributed by atoms with van der Waals surface area (Å²) in [6.45, 7) is 2.74. The van der Waals surface area contributed by atoms with Crippen LogP contribution in [0.25, 0.3) is 0 Å². The van der Waals surface area contributed by atoms with Gasteiger partial charge < -0.3 is 5.73 Å². The lowest BCUT2D eigenvalue weighted by Gasteiger charge is -2.25. The van der Waals surface area contributed by atoms with Gasteiger partial charge in [-0.05, 0) is 18.1 Å². The molecule has 102 valence electrons. The number of nitrogens with zero attached hydrogens (tertiary/aromatic N) is 2. The standard InChI is InChI=1S/C12H21N3O2S/c1-4-9-15(18(16,17)14(2)3)10-11-7-5-6-8-12(11)13/h5-8H,4,9-10,13H2,1-3H3. The number of hydrogen-bond donors (Lipinski definition) is 1. The number of nitrogen functional groups attached to an aromatic ring is 1. The predicted molar refractivity (Wildman–Crippen MR) is 74.2 cm³/mol. The number of para-hydroxylation sites is 1. The van der Waals surface area contributed by atoms with Crippen molar-refractivity contribution in [2.75, 3.05) is 26.4 Å². The molecule has 0 unspecified atom stereocenters. The minimum atomic E-state index is -3.40. The number of nitrogens with two attached hydrogens (primary N) is 1. The van der Waals surface area contributed by atoms with Crippen molar-refractivity contribution >= 4 is 15.9 Å². The van der Waals surface area contributed by atoms with Gasteiger partial charge in [-0.3, -0.25) is 0 Å². The van der Waals surface area contributed by atoms with Crippen molar-refractivity contribution in [3.8, 4) is 0 Å².